The third-order valence-corrected chi connectivity index (χ3v) is 9.47. The molecular weight excluding hydrogens is 531 g/mol. The number of benzene rings is 1. The number of rotatable bonds is 6. The van der Waals surface area contributed by atoms with Gasteiger partial charge < -0.3 is 10.4 Å². The summed E-state index contributed by atoms with van der Waals surface area (Å²) < 4.78 is 39.2. The molecule has 212 valence electrons. The van der Waals surface area contributed by atoms with Crippen molar-refractivity contribution in [2.45, 2.75) is 50.8 Å². The molecule has 2 aromatic heterocycles. The molecule has 11 heteroatoms. The predicted molar refractivity (Wildman–Crippen MR) is 152 cm³/mol. The number of nitrogens with one attached hydrogen (secondary N) is 1. The lowest BCUT2D eigenvalue weighted by molar-refractivity contribution is -0.00184. The quantitative estimate of drug-likeness (QED) is 0.465. The summed E-state index contributed by atoms with van der Waals surface area (Å²) in [7, 11) is -3.38. The lowest BCUT2D eigenvalue weighted by atomic mass is 9.82. The molecule has 4 atom stereocenters. The van der Waals surface area contributed by atoms with Gasteiger partial charge in [0.15, 0.2) is 0 Å². The number of likely N-dealkylation sites (tertiary alicyclic amines) is 1. The van der Waals surface area contributed by atoms with E-state index in [4.69, 9.17) is 4.98 Å². The van der Waals surface area contributed by atoms with E-state index in [0.717, 1.165) is 47.8 Å². The van der Waals surface area contributed by atoms with Gasteiger partial charge in [-0.3, -0.25) is 9.88 Å². The fourth-order valence-corrected chi connectivity index (χ4v) is 7.06. The number of piperidine rings is 2. The van der Waals surface area contributed by atoms with Gasteiger partial charge in [0, 0.05) is 55.3 Å². The number of fused-ring (bicyclic) bond motifs is 1. The Hall–Kier alpha value is -3.17. The minimum absolute atomic E-state index is 0.0213. The van der Waals surface area contributed by atoms with Crippen molar-refractivity contribution in [3.8, 4) is 6.07 Å². The van der Waals surface area contributed by atoms with Crippen molar-refractivity contribution in [2.24, 2.45) is 5.92 Å². The molecule has 2 fully saturated rings. The summed E-state index contributed by atoms with van der Waals surface area (Å²) in [5, 5.41) is 25.6. The van der Waals surface area contributed by atoms with Crippen molar-refractivity contribution in [2.75, 3.05) is 37.8 Å². The Labute approximate surface area is 234 Å². The Morgan fingerprint density at radius 1 is 1.23 bits per heavy atom. The van der Waals surface area contributed by atoms with Crippen molar-refractivity contribution in [3.63, 3.8) is 0 Å². The van der Waals surface area contributed by atoms with Crippen molar-refractivity contribution in [1.82, 2.24) is 19.2 Å². The molecular formula is C29H35FN6O3S. The zero-order chi connectivity index (χ0) is 28.7. The fourth-order valence-electron chi connectivity index (χ4n) is 6.13. The van der Waals surface area contributed by atoms with Crippen molar-refractivity contribution >= 4 is 26.6 Å². The summed E-state index contributed by atoms with van der Waals surface area (Å²) in [6.45, 7) is 6.43. The summed E-state index contributed by atoms with van der Waals surface area (Å²) in [6.07, 6.45) is 6.12. The number of sulfonamides is 1. The van der Waals surface area contributed by atoms with Crippen molar-refractivity contribution in [1.29, 1.82) is 5.26 Å². The van der Waals surface area contributed by atoms with Crippen LogP contribution >= 0.6 is 0 Å². The number of aliphatic hydroxyl groups is 1. The lowest BCUT2D eigenvalue weighted by Crippen LogP contribution is -2.58. The molecule has 40 heavy (non-hydrogen) atoms. The molecule has 0 aliphatic carbocycles. The van der Waals surface area contributed by atoms with Gasteiger partial charge in [0.1, 0.15) is 11.6 Å². The molecule has 2 saturated heterocycles. The number of aromatic nitrogens is 2. The lowest BCUT2D eigenvalue weighted by Gasteiger charge is -2.42. The average molecular weight is 567 g/mol. The largest absolute Gasteiger partial charge is 0.387 e. The first kappa shape index (κ1) is 28.4. The zero-order valence-electron chi connectivity index (χ0n) is 23.0. The van der Waals surface area contributed by atoms with Crippen LogP contribution in [-0.4, -0.2) is 76.8 Å². The maximum absolute atomic E-state index is 13.9. The molecule has 0 unspecified atom stereocenters. The van der Waals surface area contributed by atoms with Crippen LogP contribution in [0.25, 0.3) is 10.8 Å². The van der Waals surface area contributed by atoms with Gasteiger partial charge in [-0.25, -0.2) is 17.8 Å². The monoisotopic (exact) mass is 566 g/mol. The minimum Gasteiger partial charge on any atom is -0.387 e. The minimum atomic E-state index is -3.38. The van der Waals surface area contributed by atoms with Crippen LogP contribution < -0.4 is 5.32 Å². The van der Waals surface area contributed by atoms with Crippen LogP contribution in [0.3, 0.4) is 0 Å². The molecule has 5 rings (SSSR count). The highest BCUT2D eigenvalue weighted by Crippen LogP contribution is 2.36. The smallest absolute Gasteiger partial charge is 0.211 e. The number of hydrogen-bond acceptors (Lipinski definition) is 8. The highest BCUT2D eigenvalue weighted by molar-refractivity contribution is 7.88. The van der Waals surface area contributed by atoms with E-state index in [-0.39, 0.29) is 18.5 Å². The SMILES string of the molecule is C[C@@H]1CN(Cc2cc(F)cc(C#N)c2)CC[C@H]1c1nccc2cnc(N[C@H]3CCN(S(C)(=O)=O)C[C@]3(C)O)cc12. The number of halogens is 1. The molecule has 0 amide bonds. The van der Waals surface area contributed by atoms with Gasteiger partial charge in [0.2, 0.25) is 10.0 Å². The Balaban J connectivity index is 1.32. The standard InChI is InChI=1S/C29H35FN6O3S/c1-19-16-35(17-21-10-20(14-31)11-23(30)12-21)8-5-24(19)28-25-13-27(33-15-22(25)4-7-32-28)34-26-6-9-36(40(3,38)39)18-29(26,2)37/h4,7,10-13,15,19,24,26,37H,5-6,8-9,16-18H2,1-3H3,(H,33,34)/t19-,24-,26+,29+/m1/s1. The molecule has 2 aliphatic rings. The third-order valence-electron chi connectivity index (χ3n) is 8.22. The molecule has 0 saturated carbocycles. The number of β-amino-alcohol motifs (C(OH)–C–C–N with tert-alkyl or cyclic N) is 1. The predicted octanol–water partition coefficient (Wildman–Crippen LogP) is 3.46. The van der Waals surface area contributed by atoms with E-state index in [1.165, 1.54) is 16.4 Å². The number of anilines is 1. The van der Waals surface area contributed by atoms with Crippen molar-refractivity contribution < 1.29 is 17.9 Å². The molecule has 0 bridgehead atoms. The molecule has 2 N–H and O–H groups in total. The van der Waals surface area contributed by atoms with E-state index < -0.39 is 21.4 Å². The average Bonchev–Trinajstić information content (AvgIpc) is 2.88. The molecule has 1 aromatic carbocycles. The molecule has 2 aliphatic heterocycles. The summed E-state index contributed by atoms with van der Waals surface area (Å²) in [5.74, 6) is 0.738. The van der Waals surface area contributed by atoms with E-state index in [1.54, 1.807) is 19.2 Å². The summed E-state index contributed by atoms with van der Waals surface area (Å²) in [4.78, 5) is 11.7. The highest BCUT2D eigenvalue weighted by atomic mass is 32.2. The molecule has 9 nitrogen and oxygen atoms in total. The number of hydrogen-bond donors (Lipinski definition) is 2. The Kier molecular flexibility index (Phi) is 7.81. The Bertz CT molecular complexity index is 1560. The van der Waals surface area contributed by atoms with Crippen LogP contribution in [-0.2, 0) is 16.6 Å². The van der Waals surface area contributed by atoms with Gasteiger partial charge in [-0.1, -0.05) is 6.92 Å². The Morgan fingerprint density at radius 3 is 2.73 bits per heavy atom. The van der Waals surface area contributed by atoms with E-state index in [2.05, 4.69) is 22.1 Å². The van der Waals surface area contributed by atoms with Crippen LogP contribution in [0.5, 0.6) is 0 Å². The first-order chi connectivity index (χ1) is 18.9. The molecule has 3 aromatic rings. The summed E-state index contributed by atoms with van der Waals surface area (Å²) in [5.41, 5.74) is 0.877. The molecule has 0 radical (unpaired) electrons. The van der Waals surface area contributed by atoms with Gasteiger partial charge in [0.25, 0.3) is 0 Å². The van der Waals surface area contributed by atoms with Crippen LogP contribution in [0.2, 0.25) is 0 Å². The van der Waals surface area contributed by atoms with E-state index in [1.807, 2.05) is 24.4 Å². The topological polar surface area (TPSA) is 122 Å². The summed E-state index contributed by atoms with van der Waals surface area (Å²) in [6, 6.07) is 10.1. The first-order valence-corrected chi connectivity index (χ1v) is 15.4. The second kappa shape index (κ2) is 11.0. The highest BCUT2D eigenvalue weighted by Gasteiger charge is 2.41. The van der Waals surface area contributed by atoms with Crippen LogP contribution in [0.4, 0.5) is 10.2 Å². The van der Waals surface area contributed by atoms with Gasteiger partial charge >= 0.3 is 0 Å². The zero-order valence-corrected chi connectivity index (χ0v) is 23.8. The molecule has 4 heterocycles. The Morgan fingerprint density at radius 2 is 2.02 bits per heavy atom. The number of nitriles is 1. The maximum atomic E-state index is 13.9. The van der Waals surface area contributed by atoms with E-state index in [0.29, 0.717) is 36.8 Å². The van der Waals surface area contributed by atoms with Crippen LogP contribution in [0, 0.1) is 23.1 Å². The van der Waals surface area contributed by atoms with E-state index >= 15 is 0 Å². The normalized spacial score (nSPS) is 26.4. The number of pyridine rings is 2. The molecule has 0 spiro atoms. The summed E-state index contributed by atoms with van der Waals surface area (Å²) >= 11 is 0. The van der Waals surface area contributed by atoms with Crippen LogP contribution in [0.15, 0.2) is 42.7 Å². The van der Waals surface area contributed by atoms with Gasteiger partial charge in [-0.15, -0.1) is 0 Å². The number of nitrogens with zero attached hydrogens (tertiary/aromatic N) is 5. The van der Waals surface area contributed by atoms with E-state index in [9.17, 15) is 23.2 Å². The first-order valence-electron chi connectivity index (χ1n) is 13.5. The second-order valence-corrected chi connectivity index (χ2v) is 13.5. The third kappa shape index (κ3) is 6.10. The fraction of sp³-hybridized carbons (Fsp3) is 0.483. The van der Waals surface area contributed by atoms with Crippen molar-refractivity contribution in [3.05, 3.63) is 65.4 Å². The van der Waals surface area contributed by atoms with Gasteiger partial charge in [-0.2, -0.15) is 9.57 Å². The maximum Gasteiger partial charge on any atom is 0.211 e. The van der Waals surface area contributed by atoms with Gasteiger partial charge in [0.05, 0.1) is 35.2 Å². The second-order valence-electron chi connectivity index (χ2n) is 11.5. The van der Waals surface area contributed by atoms with Crippen LogP contribution in [0.1, 0.15) is 49.4 Å². The van der Waals surface area contributed by atoms with Gasteiger partial charge in [-0.05, 0) is 68.1 Å².